The van der Waals surface area contributed by atoms with Gasteiger partial charge in [-0.15, -0.1) is 44.6 Å². The Balaban J connectivity index is 0.000000101. The molecule has 0 aliphatic heterocycles. The molecule has 0 amide bonds. The zero-order valence-electron chi connectivity index (χ0n) is 56.9. The van der Waals surface area contributed by atoms with Crippen LogP contribution in [0.15, 0.2) is 149 Å². The van der Waals surface area contributed by atoms with Crippen LogP contribution in [0.2, 0.25) is 0 Å². The normalized spacial score (nSPS) is 33.5. The van der Waals surface area contributed by atoms with Gasteiger partial charge in [0.05, 0.1) is 13.7 Å². The lowest BCUT2D eigenvalue weighted by molar-refractivity contribution is -0.0215. The average molecular weight is 1360 g/mol. The third-order valence-corrected chi connectivity index (χ3v) is 28.9. The van der Waals surface area contributed by atoms with Crippen molar-refractivity contribution in [3.8, 4) is 49.5 Å². The van der Waals surface area contributed by atoms with E-state index in [2.05, 4.69) is 133 Å². The number of thioether (sulfide) groups is 1. The first kappa shape index (κ1) is 66.2. The van der Waals surface area contributed by atoms with Crippen LogP contribution in [0.5, 0.6) is 5.75 Å². The number of hydrogen-bond acceptors (Lipinski definition) is 12. The fourth-order valence-electron chi connectivity index (χ4n) is 23.4. The molecule has 4 aromatic heterocycles. The van der Waals surface area contributed by atoms with Crippen molar-refractivity contribution in [3.63, 3.8) is 0 Å². The number of ether oxygens (including phenoxy) is 1. The van der Waals surface area contributed by atoms with Crippen molar-refractivity contribution in [2.45, 2.75) is 215 Å². The van der Waals surface area contributed by atoms with Crippen LogP contribution < -0.4 is 26.0 Å². The monoisotopic (exact) mass is 1350 g/mol. The van der Waals surface area contributed by atoms with Crippen LogP contribution in [0, 0.1) is 71.0 Å². The average Bonchev–Trinajstić information content (AvgIpc) is 1.52. The summed E-state index contributed by atoms with van der Waals surface area (Å²) in [6, 6.07) is 46.9. The van der Waals surface area contributed by atoms with E-state index in [9.17, 15) is 0 Å². The number of nitrogens with one attached hydrogen (secondary N) is 5. The van der Waals surface area contributed by atoms with Gasteiger partial charge in [-0.2, -0.15) is 0 Å². The number of benzene rings is 4. The van der Waals surface area contributed by atoms with Gasteiger partial charge in [0, 0.05) is 89.2 Å². The molecule has 0 unspecified atom stereocenters. The standard InChI is InChI=1S/C22H27NOS.C22H27NS2.C20H25N3.C19H23N3O.CH4/c2*1-24-19-4-2-18(3-5-19)21-7-6-20(25-21)14-23-22-11-15-8-16(12-22)10-17(9-15)13-22;1-2-4-17(5-3-1)19-21-12-18(23-19)13-22-20-9-14-6-15(10-20)8-16(7-14)11-20;1-2-4-16(5-3-1)18-22-21-17(23-18)12-20-19-9-13-6-14(10-19)8-15(7-13)11-19;/h2*2-7,15-17,23H,8-14H2,1H3;1-5,12,14-16,22H,6-11,13H2,(H,21,23);1-5,13-15,20H,6-12H2;1H4. The predicted molar refractivity (Wildman–Crippen MR) is 399 cm³/mol. The van der Waals surface area contributed by atoms with Crippen molar-refractivity contribution in [1.29, 1.82) is 0 Å². The summed E-state index contributed by atoms with van der Waals surface area (Å²) < 4.78 is 11.1. The third-order valence-electron chi connectivity index (χ3n) is 25.9. The molecule has 16 bridgehead atoms. The Morgan fingerprint density at radius 2 is 0.804 bits per heavy atom. The minimum absolute atomic E-state index is 0. The summed E-state index contributed by atoms with van der Waals surface area (Å²) in [6.07, 6.45) is 39.0. The highest BCUT2D eigenvalue weighted by Crippen LogP contribution is 2.59. The van der Waals surface area contributed by atoms with E-state index in [-0.39, 0.29) is 7.43 Å². The van der Waals surface area contributed by atoms with Crippen LogP contribution in [-0.2, 0) is 26.2 Å². The summed E-state index contributed by atoms with van der Waals surface area (Å²) >= 11 is 5.69. The number of hydrogen-bond donors (Lipinski definition) is 5. The van der Waals surface area contributed by atoms with Crippen LogP contribution in [0.1, 0.15) is 183 Å². The minimum Gasteiger partial charge on any atom is -0.497 e. The molecule has 0 saturated heterocycles. The van der Waals surface area contributed by atoms with Gasteiger partial charge in [-0.05, 0) is 315 Å². The Labute approximate surface area is 590 Å². The Bertz CT molecular complexity index is 3490. The lowest BCUT2D eigenvalue weighted by Crippen LogP contribution is -2.58. The van der Waals surface area contributed by atoms with Crippen molar-refractivity contribution < 1.29 is 9.15 Å². The highest BCUT2D eigenvalue weighted by atomic mass is 32.2. The zero-order chi connectivity index (χ0) is 64.3. The first-order valence-corrected chi connectivity index (χ1v) is 40.3. The number of nitrogens with zero attached hydrogens (tertiary/aromatic N) is 3. The van der Waals surface area contributed by atoms with Gasteiger partial charge < -0.3 is 35.4 Å². The Kier molecular flexibility index (Phi) is 19.2. The van der Waals surface area contributed by atoms with Gasteiger partial charge in [0.15, 0.2) is 0 Å². The summed E-state index contributed by atoms with van der Waals surface area (Å²) in [5, 5.41) is 24.2. The van der Waals surface area contributed by atoms with E-state index in [1.807, 2.05) is 77.4 Å². The topological polar surface area (TPSA) is 125 Å². The first-order valence-electron chi connectivity index (χ1n) is 37.4. The van der Waals surface area contributed by atoms with Gasteiger partial charge >= 0.3 is 0 Å². The van der Waals surface area contributed by atoms with Gasteiger partial charge in [0.25, 0.3) is 0 Å². The van der Waals surface area contributed by atoms with Gasteiger partial charge in [-0.3, -0.25) is 0 Å². The summed E-state index contributed by atoms with van der Waals surface area (Å²) in [6.45, 7) is 3.71. The molecule has 4 heterocycles. The van der Waals surface area contributed by atoms with Crippen molar-refractivity contribution in [2.24, 2.45) is 71.0 Å². The van der Waals surface area contributed by atoms with E-state index in [1.165, 1.54) is 195 Å². The smallest absolute Gasteiger partial charge is 0.247 e. The largest absolute Gasteiger partial charge is 0.497 e. The van der Waals surface area contributed by atoms with E-state index in [0.29, 0.717) is 40.5 Å². The van der Waals surface area contributed by atoms with Crippen LogP contribution in [0.4, 0.5) is 0 Å². The fourth-order valence-corrected chi connectivity index (χ4v) is 25.7. The number of methoxy groups -OCH3 is 1. The number of imidazole rings is 1. The molecule has 0 radical (unpaired) electrons. The Morgan fingerprint density at radius 1 is 0.433 bits per heavy atom. The second kappa shape index (κ2) is 28.2. The van der Waals surface area contributed by atoms with Crippen LogP contribution in [-0.4, -0.2) is 55.7 Å². The molecule has 0 spiro atoms. The molecule has 16 saturated carbocycles. The molecule has 24 rings (SSSR count). The van der Waals surface area contributed by atoms with Gasteiger partial charge in [-0.1, -0.05) is 68.1 Å². The summed E-state index contributed by atoms with van der Waals surface area (Å²) in [4.78, 5) is 15.1. The second-order valence-electron chi connectivity index (χ2n) is 33.2. The molecule has 4 aromatic carbocycles. The zero-order valence-corrected chi connectivity index (χ0v) is 59.3. The van der Waals surface area contributed by atoms with Gasteiger partial charge in [-0.25, -0.2) is 4.98 Å². The van der Waals surface area contributed by atoms with Gasteiger partial charge in [0.2, 0.25) is 11.8 Å². The molecule has 512 valence electrons. The molecule has 0 atom stereocenters. The summed E-state index contributed by atoms with van der Waals surface area (Å²) in [5.41, 5.74) is 7.69. The number of rotatable bonds is 18. The molecule has 16 fully saturated rings. The lowest BCUT2D eigenvalue weighted by Gasteiger charge is -2.57. The second-order valence-corrected chi connectivity index (χ2v) is 36.4. The van der Waals surface area contributed by atoms with Crippen molar-refractivity contribution >= 4 is 34.4 Å². The fraction of sp³-hybridized carbons (Fsp3) is 0.560. The predicted octanol–water partition coefficient (Wildman–Crippen LogP) is 20.2. The van der Waals surface area contributed by atoms with E-state index in [0.717, 1.165) is 113 Å². The van der Waals surface area contributed by atoms with E-state index >= 15 is 0 Å². The van der Waals surface area contributed by atoms with E-state index < -0.39 is 0 Å². The van der Waals surface area contributed by atoms with Crippen molar-refractivity contribution in [1.82, 2.24) is 41.4 Å². The highest BCUT2D eigenvalue weighted by Gasteiger charge is 2.54. The van der Waals surface area contributed by atoms with Crippen molar-refractivity contribution in [3.05, 3.63) is 161 Å². The third kappa shape index (κ3) is 14.9. The molecule has 8 aromatic rings. The lowest BCUT2D eigenvalue weighted by atomic mass is 9.53. The summed E-state index contributed by atoms with van der Waals surface area (Å²) in [5.74, 6) is 15.2. The Morgan fingerprint density at radius 3 is 1.20 bits per heavy atom. The number of H-pyrrole nitrogens is 1. The highest BCUT2D eigenvalue weighted by molar-refractivity contribution is 7.98. The minimum atomic E-state index is 0. The molecule has 97 heavy (non-hydrogen) atoms. The Hall–Kier alpha value is -5.38. The van der Waals surface area contributed by atoms with Gasteiger partial charge in [0.1, 0.15) is 11.6 Å². The summed E-state index contributed by atoms with van der Waals surface area (Å²) in [7, 11) is 1.72. The molecule has 16 aliphatic rings. The molecular formula is C84H106N8O2S3. The quantitative estimate of drug-likeness (QED) is 0.0531. The van der Waals surface area contributed by atoms with E-state index in [1.54, 1.807) is 18.9 Å². The molecule has 16 aliphatic carbocycles. The van der Waals surface area contributed by atoms with Crippen LogP contribution in [0.25, 0.3) is 43.7 Å². The van der Waals surface area contributed by atoms with Crippen LogP contribution in [0.3, 0.4) is 0 Å². The van der Waals surface area contributed by atoms with E-state index in [4.69, 9.17) is 9.15 Å². The molecule has 13 heteroatoms. The molecular weight excluding hydrogens is 1250 g/mol. The molecule has 5 N–H and O–H groups in total. The number of aromatic amines is 1. The number of thiophene rings is 2. The number of aromatic nitrogens is 4. The SMILES string of the molecule is C.COc1ccc(-c2ccc(CNC34CC5CC(CC(C5)C3)C4)s2)cc1.CSc1ccc(-c2ccc(CNC34CC5CC(CC(C5)C3)C4)s2)cc1.c1ccc(-c2ncc(CNC34CC5CC(CC(C5)C3)C4)[nH]2)cc1.c1ccc(-c2nnc(CNC34CC5CC(CC(C5)C3)C4)o2)cc1. The first-order chi connectivity index (χ1) is 47.0. The maximum absolute atomic E-state index is 5.85. The van der Waals surface area contributed by atoms with Crippen LogP contribution >= 0.6 is 34.4 Å². The maximum Gasteiger partial charge on any atom is 0.247 e. The maximum atomic E-state index is 5.85. The molecule has 10 nitrogen and oxygen atoms in total. The van der Waals surface area contributed by atoms with Crippen molar-refractivity contribution in [2.75, 3.05) is 13.4 Å².